The van der Waals surface area contributed by atoms with Crippen LogP contribution in [0.1, 0.15) is 69.1 Å². The quantitative estimate of drug-likeness (QED) is 0.885. The van der Waals surface area contributed by atoms with E-state index in [1.165, 1.54) is 0 Å². The van der Waals surface area contributed by atoms with Gasteiger partial charge >= 0.3 is 5.97 Å². The molecule has 1 aromatic heterocycles. The van der Waals surface area contributed by atoms with Gasteiger partial charge in [0.25, 0.3) is 0 Å². The van der Waals surface area contributed by atoms with Crippen LogP contribution in [0.5, 0.6) is 0 Å². The maximum Gasteiger partial charge on any atom is 0.306 e. The number of furan rings is 1. The molecule has 1 amide bonds. The van der Waals surface area contributed by atoms with E-state index in [0.29, 0.717) is 25.7 Å². The molecule has 0 spiro atoms. The predicted octanol–water partition coefficient (Wildman–Crippen LogP) is 3.61. The van der Waals surface area contributed by atoms with Crippen LogP contribution >= 0.6 is 0 Å². The lowest BCUT2D eigenvalue weighted by Gasteiger charge is -2.36. The van der Waals surface area contributed by atoms with Crippen LogP contribution in [0.4, 0.5) is 0 Å². The number of aliphatic carboxylic acids is 1. The summed E-state index contributed by atoms with van der Waals surface area (Å²) in [4.78, 5) is 23.7. The zero-order chi connectivity index (χ0) is 17.5. The summed E-state index contributed by atoms with van der Waals surface area (Å²) >= 11 is 0. The van der Waals surface area contributed by atoms with Crippen LogP contribution in [0.2, 0.25) is 0 Å². The highest BCUT2D eigenvalue weighted by atomic mass is 16.4. The summed E-state index contributed by atoms with van der Waals surface area (Å²) in [6.07, 6.45) is 4.31. The fourth-order valence-electron chi connectivity index (χ4n) is 4.21. The van der Waals surface area contributed by atoms with Crippen LogP contribution in [0, 0.1) is 24.2 Å². The van der Waals surface area contributed by atoms with Crippen molar-refractivity contribution in [2.45, 2.75) is 65.3 Å². The SMILES string of the molecule is Cc1cc2c(o1)CC(C)(C)CC2NC(=O)C1CCC(C(=O)O)CC1. The fraction of sp³-hybridized carbons (Fsp3) is 0.684. The second-order valence-electron chi connectivity index (χ2n) is 8.23. The van der Waals surface area contributed by atoms with Gasteiger partial charge in [0.05, 0.1) is 12.0 Å². The molecule has 3 rings (SSSR count). The molecule has 0 radical (unpaired) electrons. The van der Waals surface area contributed by atoms with Crippen LogP contribution in [-0.2, 0) is 16.0 Å². The molecule has 5 heteroatoms. The van der Waals surface area contributed by atoms with Gasteiger partial charge < -0.3 is 14.8 Å². The van der Waals surface area contributed by atoms with Gasteiger partial charge in [0.15, 0.2) is 0 Å². The number of carbonyl (C=O) groups excluding carboxylic acids is 1. The molecular weight excluding hydrogens is 306 g/mol. The van der Waals surface area contributed by atoms with Crippen molar-refractivity contribution in [2.75, 3.05) is 0 Å². The van der Waals surface area contributed by atoms with Crippen molar-refractivity contribution in [2.24, 2.45) is 17.3 Å². The van der Waals surface area contributed by atoms with Crippen LogP contribution in [0.3, 0.4) is 0 Å². The normalized spacial score (nSPS) is 28.9. The van der Waals surface area contributed by atoms with E-state index in [1.807, 2.05) is 13.0 Å². The first-order valence-corrected chi connectivity index (χ1v) is 8.87. The molecule has 1 fully saturated rings. The Morgan fingerprint density at radius 2 is 1.83 bits per heavy atom. The molecule has 132 valence electrons. The number of nitrogens with one attached hydrogen (secondary N) is 1. The first-order chi connectivity index (χ1) is 11.2. The van der Waals surface area contributed by atoms with Gasteiger partial charge in [0.2, 0.25) is 5.91 Å². The van der Waals surface area contributed by atoms with E-state index in [1.54, 1.807) is 0 Å². The van der Waals surface area contributed by atoms with E-state index in [0.717, 1.165) is 29.9 Å². The third-order valence-electron chi connectivity index (χ3n) is 5.50. The molecule has 2 aliphatic rings. The van der Waals surface area contributed by atoms with Gasteiger partial charge in [-0.15, -0.1) is 0 Å². The molecule has 1 saturated carbocycles. The molecule has 1 heterocycles. The second kappa shape index (κ2) is 6.26. The van der Waals surface area contributed by atoms with E-state index >= 15 is 0 Å². The zero-order valence-electron chi connectivity index (χ0n) is 14.7. The smallest absolute Gasteiger partial charge is 0.306 e. The molecule has 0 saturated heterocycles. The fourth-order valence-corrected chi connectivity index (χ4v) is 4.21. The summed E-state index contributed by atoms with van der Waals surface area (Å²) in [7, 11) is 0. The van der Waals surface area contributed by atoms with E-state index in [9.17, 15) is 9.59 Å². The van der Waals surface area contributed by atoms with Gasteiger partial charge in [-0.3, -0.25) is 9.59 Å². The average molecular weight is 333 g/mol. The molecule has 0 aliphatic heterocycles. The summed E-state index contributed by atoms with van der Waals surface area (Å²) in [6.45, 7) is 6.34. The Kier molecular flexibility index (Phi) is 4.45. The van der Waals surface area contributed by atoms with E-state index in [4.69, 9.17) is 9.52 Å². The number of amides is 1. The minimum Gasteiger partial charge on any atom is -0.481 e. The van der Waals surface area contributed by atoms with Crippen molar-refractivity contribution in [3.63, 3.8) is 0 Å². The monoisotopic (exact) mass is 333 g/mol. The highest BCUT2D eigenvalue weighted by Gasteiger charge is 2.37. The summed E-state index contributed by atoms with van der Waals surface area (Å²) in [5.41, 5.74) is 1.20. The van der Waals surface area contributed by atoms with Gasteiger partial charge in [-0.1, -0.05) is 13.8 Å². The molecular formula is C19H27NO4. The van der Waals surface area contributed by atoms with Gasteiger partial charge in [-0.2, -0.15) is 0 Å². The van der Waals surface area contributed by atoms with Crippen LogP contribution in [0.25, 0.3) is 0 Å². The van der Waals surface area contributed by atoms with Crippen molar-refractivity contribution in [3.8, 4) is 0 Å². The van der Waals surface area contributed by atoms with Crippen molar-refractivity contribution in [1.29, 1.82) is 0 Å². The Morgan fingerprint density at radius 1 is 1.21 bits per heavy atom. The Balaban J connectivity index is 1.67. The first-order valence-electron chi connectivity index (χ1n) is 8.87. The van der Waals surface area contributed by atoms with Gasteiger partial charge in [0.1, 0.15) is 11.5 Å². The molecule has 1 atom stereocenters. The number of fused-ring (bicyclic) bond motifs is 1. The lowest BCUT2D eigenvalue weighted by atomic mass is 9.74. The van der Waals surface area contributed by atoms with Crippen molar-refractivity contribution >= 4 is 11.9 Å². The topological polar surface area (TPSA) is 79.5 Å². The second-order valence-corrected chi connectivity index (χ2v) is 8.23. The summed E-state index contributed by atoms with van der Waals surface area (Å²) in [6, 6.07) is 2.03. The number of hydrogen-bond acceptors (Lipinski definition) is 3. The largest absolute Gasteiger partial charge is 0.481 e. The lowest BCUT2D eigenvalue weighted by Crippen LogP contribution is -2.40. The number of carbonyl (C=O) groups is 2. The number of carboxylic acids is 1. The molecule has 0 bridgehead atoms. The Hall–Kier alpha value is -1.78. The third-order valence-corrected chi connectivity index (χ3v) is 5.50. The maximum atomic E-state index is 12.7. The molecule has 1 aromatic rings. The summed E-state index contributed by atoms with van der Waals surface area (Å²) < 4.78 is 5.82. The molecule has 5 nitrogen and oxygen atoms in total. The average Bonchev–Trinajstić information content (AvgIpc) is 2.86. The van der Waals surface area contributed by atoms with E-state index in [2.05, 4.69) is 19.2 Å². The Morgan fingerprint density at radius 3 is 2.46 bits per heavy atom. The first kappa shape index (κ1) is 17.1. The zero-order valence-corrected chi connectivity index (χ0v) is 14.7. The van der Waals surface area contributed by atoms with Crippen LogP contribution in [0.15, 0.2) is 10.5 Å². The van der Waals surface area contributed by atoms with Crippen molar-refractivity contribution < 1.29 is 19.1 Å². The maximum absolute atomic E-state index is 12.7. The molecule has 2 N–H and O–H groups in total. The Labute approximate surface area is 142 Å². The molecule has 24 heavy (non-hydrogen) atoms. The number of hydrogen-bond donors (Lipinski definition) is 2. The summed E-state index contributed by atoms with van der Waals surface area (Å²) in [5.74, 6) is 0.850. The minimum atomic E-state index is -0.735. The summed E-state index contributed by atoms with van der Waals surface area (Å²) in [5, 5.41) is 12.3. The van der Waals surface area contributed by atoms with Crippen LogP contribution < -0.4 is 5.32 Å². The molecule has 1 unspecified atom stereocenters. The van der Waals surface area contributed by atoms with Gasteiger partial charge in [-0.05, 0) is 50.5 Å². The highest BCUT2D eigenvalue weighted by molar-refractivity contribution is 5.80. The molecule has 0 aromatic carbocycles. The Bertz CT molecular complexity index is 638. The minimum absolute atomic E-state index is 0.00843. The number of aryl methyl sites for hydroxylation is 1. The van der Waals surface area contributed by atoms with Gasteiger partial charge in [-0.25, -0.2) is 0 Å². The standard InChI is InChI=1S/C19H27NO4/c1-11-8-14-15(9-19(2,3)10-16(14)24-11)20-17(21)12-4-6-13(7-5-12)18(22)23/h8,12-13,15H,4-7,9-10H2,1-3H3,(H,20,21)(H,22,23). The lowest BCUT2D eigenvalue weighted by molar-refractivity contribution is -0.144. The van der Waals surface area contributed by atoms with Crippen molar-refractivity contribution in [3.05, 3.63) is 23.2 Å². The molecule has 2 aliphatic carbocycles. The number of carboxylic acid groups (broad SMARTS) is 1. The van der Waals surface area contributed by atoms with E-state index in [-0.39, 0.29) is 29.2 Å². The third kappa shape index (κ3) is 3.50. The van der Waals surface area contributed by atoms with E-state index < -0.39 is 5.97 Å². The van der Waals surface area contributed by atoms with Crippen LogP contribution in [-0.4, -0.2) is 17.0 Å². The van der Waals surface area contributed by atoms with Gasteiger partial charge in [0, 0.05) is 17.9 Å². The van der Waals surface area contributed by atoms with Crippen molar-refractivity contribution in [1.82, 2.24) is 5.32 Å². The number of rotatable bonds is 3. The predicted molar refractivity (Wildman–Crippen MR) is 89.5 cm³/mol. The highest BCUT2D eigenvalue weighted by Crippen LogP contribution is 2.42.